The highest BCUT2D eigenvalue weighted by Gasteiger charge is 2.38. The number of methoxy groups -OCH3 is 1. The molecule has 0 aromatic heterocycles. The van der Waals surface area contributed by atoms with Crippen LogP contribution in [0.4, 0.5) is 18.9 Å². The molecule has 0 spiro atoms. The lowest BCUT2D eigenvalue weighted by Gasteiger charge is -2.41. The molecule has 0 bridgehead atoms. The van der Waals surface area contributed by atoms with Crippen LogP contribution in [0.1, 0.15) is 12.0 Å². The Morgan fingerprint density at radius 2 is 2.16 bits per heavy atom. The first-order chi connectivity index (χ1) is 8.84. The van der Waals surface area contributed by atoms with Crippen LogP contribution in [0, 0.1) is 0 Å². The van der Waals surface area contributed by atoms with E-state index in [1.54, 1.807) is 0 Å². The fraction of sp³-hybridized carbons (Fsp3) is 0.417. The summed E-state index contributed by atoms with van der Waals surface area (Å²) in [4.78, 5) is 13.0. The second-order valence-electron chi connectivity index (χ2n) is 4.18. The molecule has 7 heteroatoms. The number of rotatable bonds is 2. The van der Waals surface area contributed by atoms with Crippen LogP contribution in [-0.4, -0.2) is 25.7 Å². The van der Waals surface area contributed by atoms with Crippen molar-refractivity contribution in [3.8, 4) is 0 Å². The number of esters is 1. The van der Waals surface area contributed by atoms with Crippen molar-refractivity contribution in [3.05, 3.63) is 28.8 Å². The van der Waals surface area contributed by atoms with Crippen molar-refractivity contribution < 1.29 is 22.7 Å². The van der Waals surface area contributed by atoms with Crippen molar-refractivity contribution in [1.82, 2.24) is 0 Å². The highest BCUT2D eigenvalue weighted by atomic mass is 35.5. The molecule has 19 heavy (non-hydrogen) atoms. The highest BCUT2D eigenvalue weighted by molar-refractivity contribution is 6.33. The molecule has 0 aliphatic carbocycles. The van der Waals surface area contributed by atoms with Gasteiger partial charge in [-0.15, -0.1) is 0 Å². The predicted octanol–water partition coefficient (Wildman–Crippen LogP) is 3.11. The van der Waals surface area contributed by atoms with Crippen molar-refractivity contribution in [1.29, 1.82) is 0 Å². The van der Waals surface area contributed by atoms with Crippen molar-refractivity contribution in [2.24, 2.45) is 0 Å². The molecule has 3 nitrogen and oxygen atoms in total. The fourth-order valence-corrected chi connectivity index (χ4v) is 2.19. The molecule has 1 unspecified atom stereocenters. The molecule has 0 amide bonds. The van der Waals surface area contributed by atoms with E-state index in [-0.39, 0.29) is 10.7 Å². The number of benzene rings is 1. The number of nitrogens with zero attached hydrogens (tertiary/aromatic N) is 1. The maximum Gasteiger partial charge on any atom is 0.416 e. The van der Waals surface area contributed by atoms with E-state index in [1.807, 2.05) is 0 Å². The first-order valence-corrected chi connectivity index (χ1v) is 5.93. The van der Waals surface area contributed by atoms with Crippen molar-refractivity contribution in [3.63, 3.8) is 0 Å². The van der Waals surface area contributed by atoms with Gasteiger partial charge in [0.05, 0.1) is 23.4 Å². The van der Waals surface area contributed by atoms with E-state index in [2.05, 4.69) is 4.74 Å². The van der Waals surface area contributed by atoms with Gasteiger partial charge in [0, 0.05) is 6.54 Å². The number of carbonyl (C=O) groups is 1. The lowest BCUT2D eigenvalue weighted by molar-refractivity contribution is -0.143. The molecule has 0 radical (unpaired) electrons. The second kappa shape index (κ2) is 4.92. The summed E-state index contributed by atoms with van der Waals surface area (Å²) >= 11 is 5.91. The number of hydrogen-bond acceptors (Lipinski definition) is 3. The van der Waals surface area contributed by atoms with E-state index < -0.39 is 23.8 Å². The van der Waals surface area contributed by atoms with Gasteiger partial charge in [-0.25, -0.2) is 4.79 Å². The van der Waals surface area contributed by atoms with Crippen molar-refractivity contribution in [2.75, 3.05) is 18.6 Å². The molecule has 1 fully saturated rings. The molecular weight excluding hydrogens is 283 g/mol. The minimum absolute atomic E-state index is 0.182. The number of halogens is 4. The fourth-order valence-electron chi connectivity index (χ4n) is 1.97. The Kier molecular flexibility index (Phi) is 3.62. The maximum atomic E-state index is 12.7. The normalized spacial score (nSPS) is 19.0. The molecule has 1 aromatic rings. The molecule has 1 aromatic carbocycles. The van der Waals surface area contributed by atoms with Gasteiger partial charge in [0.25, 0.3) is 0 Å². The average Bonchev–Trinajstić information content (AvgIpc) is 2.28. The zero-order valence-corrected chi connectivity index (χ0v) is 10.8. The average molecular weight is 294 g/mol. The Balaban J connectivity index is 2.32. The van der Waals surface area contributed by atoms with Gasteiger partial charge in [0.2, 0.25) is 0 Å². The van der Waals surface area contributed by atoms with Gasteiger partial charge in [0.15, 0.2) is 0 Å². The highest BCUT2D eigenvalue weighted by Crippen LogP contribution is 2.38. The first kappa shape index (κ1) is 14.0. The first-order valence-electron chi connectivity index (χ1n) is 5.56. The van der Waals surface area contributed by atoms with Gasteiger partial charge in [-0.1, -0.05) is 11.6 Å². The summed E-state index contributed by atoms with van der Waals surface area (Å²) in [6, 6.07) is 2.49. The zero-order chi connectivity index (χ0) is 14.2. The van der Waals surface area contributed by atoms with Crippen LogP contribution in [0.3, 0.4) is 0 Å². The summed E-state index contributed by atoms with van der Waals surface area (Å²) in [5.74, 6) is -0.472. The molecule has 1 aliphatic rings. The topological polar surface area (TPSA) is 29.5 Å². The molecule has 0 N–H and O–H groups in total. The Hall–Kier alpha value is -1.43. The number of alkyl halides is 3. The molecular formula is C12H11ClF3NO2. The molecule has 104 valence electrons. The van der Waals surface area contributed by atoms with E-state index in [0.717, 1.165) is 12.1 Å². The SMILES string of the molecule is COC(=O)C1CCN1c1cc(C(F)(F)F)ccc1Cl. The smallest absolute Gasteiger partial charge is 0.416 e. The van der Waals surface area contributed by atoms with Crippen LogP contribution >= 0.6 is 11.6 Å². The molecule has 1 atom stereocenters. The monoisotopic (exact) mass is 293 g/mol. The van der Waals surface area contributed by atoms with E-state index in [0.29, 0.717) is 13.0 Å². The van der Waals surface area contributed by atoms with E-state index in [1.165, 1.54) is 18.1 Å². The quantitative estimate of drug-likeness (QED) is 0.785. The lowest BCUT2D eigenvalue weighted by atomic mass is 10.0. The predicted molar refractivity (Wildman–Crippen MR) is 64.2 cm³/mol. The summed E-state index contributed by atoms with van der Waals surface area (Å²) in [6.07, 6.45) is -3.90. The standard InChI is InChI=1S/C12H11ClF3NO2/c1-19-11(18)9-4-5-17(9)10-6-7(12(14,15)16)2-3-8(10)13/h2-3,6,9H,4-5H2,1H3. The molecule has 0 saturated carbocycles. The van der Waals surface area contributed by atoms with Crippen LogP contribution in [-0.2, 0) is 15.7 Å². The van der Waals surface area contributed by atoms with Crippen LogP contribution in [0.25, 0.3) is 0 Å². The van der Waals surface area contributed by atoms with Gasteiger partial charge in [-0.3, -0.25) is 0 Å². The lowest BCUT2D eigenvalue weighted by Crippen LogP contribution is -2.53. The Morgan fingerprint density at radius 1 is 1.47 bits per heavy atom. The largest absolute Gasteiger partial charge is 0.467 e. The third-order valence-corrected chi connectivity index (χ3v) is 3.40. The Morgan fingerprint density at radius 3 is 2.63 bits per heavy atom. The zero-order valence-electron chi connectivity index (χ0n) is 10.00. The van der Waals surface area contributed by atoms with Gasteiger partial charge < -0.3 is 9.64 Å². The number of anilines is 1. The summed E-state index contributed by atoms with van der Waals surface area (Å²) < 4.78 is 42.6. The summed E-state index contributed by atoms with van der Waals surface area (Å²) in [5, 5.41) is 0.182. The van der Waals surface area contributed by atoms with Crippen LogP contribution < -0.4 is 4.90 Å². The minimum atomic E-state index is -4.44. The van der Waals surface area contributed by atoms with Crippen LogP contribution in [0.15, 0.2) is 18.2 Å². The van der Waals surface area contributed by atoms with Crippen molar-refractivity contribution in [2.45, 2.75) is 18.6 Å². The number of ether oxygens (including phenoxy) is 1. The number of carbonyl (C=O) groups excluding carboxylic acids is 1. The van der Waals surface area contributed by atoms with Crippen LogP contribution in [0.2, 0.25) is 5.02 Å². The van der Waals surface area contributed by atoms with Gasteiger partial charge in [0.1, 0.15) is 6.04 Å². The second-order valence-corrected chi connectivity index (χ2v) is 4.59. The molecule has 1 saturated heterocycles. The molecule has 1 aliphatic heterocycles. The van der Waals surface area contributed by atoms with E-state index >= 15 is 0 Å². The third-order valence-electron chi connectivity index (χ3n) is 3.08. The number of hydrogen-bond donors (Lipinski definition) is 0. The Bertz CT molecular complexity index is 504. The van der Waals surface area contributed by atoms with E-state index in [9.17, 15) is 18.0 Å². The molecule has 2 rings (SSSR count). The van der Waals surface area contributed by atoms with Gasteiger partial charge >= 0.3 is 12.1 Å². The maximum absolute atomic E-state index is 12.7. The Labute approximate surface area is 112 Å². The summed E-state index contributed by atoms with van der Waals surface area (Å²) in [6.45, 7) is 0.473. The van der Waals surface area contributed by atoms with E-state index in [4.69, 9.17) is 11.6 Å². The molecule has 1 heterocycles. The summed E-state index contributed by atoms with van der Waals surface area (Å²) in [5.41, 5.74) is -0.583. The third kappa shape index (κ3) is 2.63. The minimum Gasteiger partial charge on any atom is -0.467 e. The van der Waals surface area contributed by atoms with Crippen LogP contribution in [0.5, 0.6) is 0 Å². The van der Waals surface area contributed by atoms with Crippen molar-refractivity contribution >= 4 is 23.3 Å². The summed E-state index contributed by atoms with van der Waals surface area (Å²) in [7, 11) is 1.24. The van der Waals surface area contributed by atoms with Gasteiger partial charge in [-0.2, -0.15) is 13.2 Å². The van der Waals surface area contributed by atoms with Gasteiger partial charge in [-0.05, 0) is 24.6 Å².